The van der Waals surface area contributed by atoms with E-state index in [1.807, 2.05) is 13.8 Å². The number of rotatable bonds is 2. The van der Waals surface area contributed by atoms with E-state index in [1.165, 1.54) is 5.69 Å². The van der Waals surface area contributed by atoms with Crippen LogP contribution in [0.15, 0.2) is 35.5 Å². The van der Waals surface area contributed by atoms with Gasteiger partial charge in [0.05, 0.1) is 19.3 Å². The monoisotopic (exact) mass is 287 g/mol. The average Bonchev–Trinajstić information content (AvgIpc) is 2.52. The summed E-state index contributed by atoms with van der Waals surface area (Å²) < 4.78 is 5.38. The largest absolute Gasteiger partial charge is 0.378 e. The highest BCUT2D eigenvalue weighted by atomic mass is 16.5. The van der Waals surface area contributed by atoms with E-state index in [9.17, 15) is 4.79 Å². The number of hydrogen-bond donors (Lipinski definition) is 2. The van der Waals surface area contributed by atoms with Gasteiger partial charge in [0.2, 0.25) is 0 Å². The van der Waals surface area contributed by atoms with E-state index in [-0.39, 0.29) is 12.1 Å². The quantitative estimate of drug-likeness (QED) is 0.876. The summed E-state index contributed by atoms with van der Waals surface area (Å²) >= 11 is 0. The minimum Gasteiger partial charge on any atom is -0.378 e. The van der Waals surface area contributed by atoms with E-state index in [0.29, 0.717) is 0 Å². The fraction of sp³-hybridized carbons (Fsp3) is 0.438. The number of ether oxygens (including phenoxy) is 1. The number of carbonyl (C=O) groups excluding carboxylic acids is 1. The molecule has 21 heavy (non-hydrogen) atoms. The third-order valence-corrected chi connectivity index (χ3v) is 4.20. The predicted molar refractivity (Wildman–Crippen MR) is 82.3 cm³/mol. The molecule has 0 saturated carbocycles. The van der Waals surface area contributed by atoms with Gasteiger partial charge in [-0.2, -0.15) is 0 Å². The molecule has 2 N–H and O–H groups in total. The van der Waals surface area contributed by atoms with E-state index in [1.54, 1.807) is 0 Å². The van der Waals surface area contributed by atoms with Crippen LogP contribution in [0.4, 0.5) is 10.5 Å². The fourth-order valence-corrected chi connectivity index (χ4v) is 2.79. The molecule has 0 aliphatic carbocycles. The number of anilines is 1. The SMILES string of the molecule is CC1=C(C)C(c2ccc(N3CCOCC3)cc2)NC(=O)N1. The second-order valence-corrected chi connectivity index (χ2v) is 5.53. The summed E-state index contributed by atoms with van der Waals surface area (Å²) in [7, 11) is 0. The van der Waals surface area contributed by atoms with Gasteiger partial charge in [-0.05, 0) is 37.1 Å². The van der Waals surface area contributed by atoms with E-state index in [4.69, 9.17) is 4.74 Å². The van der Waals surface area contributed by atoms with Gasteiger partial charge in [0, 0.05) is 24.5 Å². The molecule has 5 nitrogen and oxygen atoms in total. The van der Waals surface area contributed by atoms with Gasteiger partial charge in [-0.25, -0.2) is 4.79 Å². The fourth-order valence-electron chi connectivity index (χ4n) is 2.79. The zero-order chi connectivity index (χ0) is 14.8. The maximum atomic E-state index is 11.6. The number of urea groups is 1. The molecule has 0 spiro atoms. The van der Waals surface area contributed by atoms with Crippen molar-refractivity contribution in [3.8, 4) is 0 Å². The molecule has 2 aliphatic rings. The Hall–Kier alpha value is -2.01. The van der Waals surface area contributed by atoms with Crippen molar-refractivity contribution in [2.45, 2.75) is 19.9 Å². The molecule has 0 aromatic heterocycles. The van der Waals surface area contributed by atoms with Crippen LogP contribution in [0.3, 0.4) is 0 Å². The van der Waals surface area contributed by atoms with Crippen molar-refractivity contribution in [1.29, 1.82) is 0 Å². The minimum absolute atomic E-state index is 0.0440. The summed E-state index contributed by atoms with van der Waals surface area (Å²) in [6.07, 6.45) is 0. The van der Waals surface area contributed by atoms with Gasteiger partial charge in [-0.3, -0.25) is 0 Å². The number of nitrogens with one attached hydrogen (secondary N) is 2. The number of nitrogens with zero attached hydrogens (tertiary/aromatic N) is 1. The summed E-state index contributed by atoms with van der Waals surface area (Å²) in [6, 6.07) is 8.25. The van der Waals surface area contributed by atoms with Crippen molar-refractivity contribution >= 4 is 11.7 Å². The van der Waals surface area contributed by atoms with Crippen molar-refractivity contribution in [2.75, 3.05) is 31.2 Å². The Labute approximate surface area is 125 Å². The first kappa shape index (κ1) is 13.9. The first-order valence-corrected chi connectivity index (χ1v) is 7.32. The summed E-state index contributed by atoms with van der Waals surface area (Å²) in [5.41, 5.74) is 4.40. The Balaban J connectivity index is 1.80. The van der Waals surface area contributed by atoms with Gasteiger partial charge in [0.25, 0.3) is 0 Å². The van der Waals surface area contributed by atoms with Crippen LogP contribution in [0.1, 0.15) is 25.5 Å². The van der Waals surface area contributed by atoms with Gasteiger partial charge < -0.3 is 20.3 Å². The Bertz CT molecular complexity index is 559. The first-order chi connectivity index (χ1) is 10.1. The second-order valence-electron chi connectivity index (χ2n) is 5.53. The maximum absolute atomic E-state index is 11.6. The number of benzene rings is 1. The topological polar surface area (TPSA) is 53.6 Å². The Kier molecular flexibility index (Phi) is 3.84. The van der Waals surface area contributed by atoms with Gasteiger partial charge in [0.15, 0.2) is 0 Å². The smallest absolute Gasteiger partial charge is 0.319 e. The highest BCUT2D eigenvalue weighted by Gasteiger charge is 2.23. The van der Waals surface area contributed by atoms with Crippen LogP contribution in [0.2, 0.25) is 0 Å². The van der Waals surface area contributed by atoms with Crippen molar-refractivity contribution in [3.63, 3.8) is 0 Å². The molecule has 1 unspecified atom stereocenters. The third-order valence-electron chi connectivity index (χ3n) is 4.20. The number of amides is 2. The van der Waals surface area contributed by atoms with E-state index in [0.717, 1.165) is 43.1 Å². The highest BCUT2D eigenvalue weighted by Crippen LogP contribution is 2.27. The number of carbonyl (C=O) groups is 1. The lowest BCUT2D eigenvalue weighted by Crippen LogP contribution is -2.42. The standard InChI is InChI=1S/C16H21N3O2/c1-11-12(2)17-16(20)18-15(11)13-3-5-14(6-4-13)19-7-9-21-10-8-19/h3-6,15H,7-10H2,1-2H3,(H2,17,18,20). The molecule has 2 aliphatic heterocycles. The number of morpholine rings is 1. The van der Waals surface area contributed by atoms with E-state index in [2.05, 4.69) is 39.8 Å². The highest BCUT2D eigenvalue weighted by molar-refractivity contribution is 5.78. The van der Waals surface area contributed by atoms with Crippen molar-refractivity contribution < 1.29 is 9.53 Å². The lowest BCUT2D eigenvalue weighted by atomic mass is 9.97. The molecular formula is C16H21N3O2. The van der Waals surface area contributed by atoms with Crippen LogP contribution in [-0.2, 0) is 4.74 Å². The zero-order valence-electron chi connectivity index (χ0n) is 12.5. The molecular weight excluding hydrogens is 266 g/mol. The van der Waals surface area contributed by atoms with E-state index >= 15 is 0 Å². The van der Waals surface area contributed by atoms with Crippen molar-refractivity contribution in [1.82, 2.24) is 10.6 Å². The molecule has 5 heteroatoms. The van der Waals surface area contributed by atoms with Crippen molar-refractivity contribution in [3.05, 3.63) is 41.1 Å². The van der Waals surface area contributed by atoms with E-state index < -0.39 is 0 Å². The van der Waals surface area contributed by atoms with Crippen LogP contribution in [0, 0.1) is 0 Å². The summed E-state index contributed by atoms with van der Waals surface area (Å²) in [6.45, 7) is 7.41. The summed E-state index contributed by atoms with van der Waals surface area (Å²) in [5.74, 6) is 0. The van der Waals surface area contributed by atoms with Crippen molar-refractivity contribution in [2.24, 2.45) is 0 Å². The summed E-state index contributed by atoms with van der Waals surface area (Å²) in [5, 5.41) is 5.77. The molecule has 0 bridgehead atoms. The van der Waals surface area contributed by atoms with Crippen LogP contribution >= 0.6 is 0 Å². The molecule has 1 atom stereocenters. The molecule has 1 fully saturated rings. The Morgan fingerprint density at radius 3 is 2.48 bits per heavy atom. The Morgan fingerprint density at radius 1 is 1.14 bits per heavy atom. The molecule has 1 aromatic rings. The molecule has 112 valence electrons. The molecule has 0 radical (unpaired) electrons. The molecule has 3 rings (SSSR count). The summed E-state index contributed by atoms with van der Waals surface area (Å²) in [4.78, 5) is 14.0. The minimum atomic E-state index is -0.139. The first-order valence-electron chi connectivity index (χ1n) is 7.32. The lowest BCUT2D eigenvalue weighted by molar-refractivity contribution is 0.122. The van der Waals surface area contributed by atoms with Crippen LogP contribution in [0.5, 0.6) is 0 Å². The van der Waals surface area contributed by atoms with Crippen LogP contribution in [0.25, 0.3) is 0 Å². The number of hydrogen-bond acceptors (Lipinski definition) is 3. The van der Waals surface area contributed by atoms with Gasteiger partial charge in [-0.15, -0.1) is 0 Å². The molecule has 1 saturated heterocycles. The third kappa shape index (κ3) is 2.88. The second kappa shape index (κ2) is 5.77. The molecule has 2 heterocycles. The predicted octanol–water partition coefficient (Wildman–Crippen LogP) is 2.17. The van der Waals surface area contributed by atoms with Gasteiger partial charge in [0.1, 0.15) is 0 Å². The maximum Gasteiger partial charge on any atom is 0.319 e. The van der Waals surface area contributed by atoms with Gasteiger partial charge in [-0.1, -0.05) is 12.1 Å². The van der Waals surface area contributed by atoms with Gasteiger partial charge >= 0.3 is 6.03 Å². The van der Waals surface area contributed by atoms with Crippen LogP contribution in [-0.4, -0.2) is 32.3 Å². The van der Waals surface area contributed by atoms with Crippen LogP contribution < -0.4 is 15.5 Å². The Morgan fingerprint density at radius 2 is 1.81 bits per heavy atom. The average molecular weight is 287 g/mol. The zero-order valence-corrected chi connectivity index (χ0v) is 12.5. The lowest BCUT2D eigenvalue weighted by Gasteiger charge is -2.30. The molecule has 1 aromatic carbocycles. The normalized spacial score (nSPS) is 22.9. The molecule has 2 amide bonds. The number of allylic oxidation sites excluding steroid dienone is 1.